The molecule has 0 heterocycles. The van der Waals surface area contributed by atoms with E-state index in [1.165, 1.54) is 6.92 Å². The van der Waals surface area contributed by atoms with Gasteiger partial charge in [0.2, 0.25) is 5.91 Å². The number of hydrogen-bond acceptors (Lipinski definition) is 2. The maximum Gasteiger partial charge on any atom is 0.308 e. The lowest BCUT2D eigenvalue weighted by molar-refractivity contribution is -0.141. The fourth-order valence-electron chi connectivity index (χ4n) is 1.43. The Morgan fingerprint density at radius 1 is 1.26 bits per heavy atom. The minimum Gasteiger partial charge on any atom is -0.481 e. The Morgan fingerprint density at radius 2 is 1.89 bits per heavy atom. The molecule has 6 heteroatoms. The molecule has 1 amide bonds. The molecule has 0 bridgehead atoms. The second kappa shape index (κ2) is 6.78. The topological polar surface area (TPSA) is 66.4 Å². The van der Waals surface area contributed by atoms with E-state index in [9.17, 15) is 9.59 Å². The molecular weight excluding hydrogens is 289 g/mol. The Kier molecular flexibility index (Phi) is 5.63. The van der Waals surface area contributed by atoms with E-state index in [1.807, 2.05) is 0 Å². The van der Waals surface area contributed by atoms with Crippen molar-refractivity contribution in [2.24, 2.45) is 5.92 Å². The maximum absolute atomic E-state index is 11.9. The summed E-state index contributed by atoms with van der Waals surface area (Å²) in [5.41, 5.74) is 0.731. The van der Waals surface area contributed by atoms with Crippen molar-refractivity contribution >= 4 is 35.1 Å². The average Bonchev–Trinajstić information content (AvgIpc) is 2.37. The van der Waals surface area contributed by atoms with Gasteiger partial charge in [-0.3, -0.25) is 9.59 Å². The molecule has 19 heavy (non-hydrogen) atoms. The molecule has 0 fully saturated rings. The van der Waals surface area contributed by atoms with Crippen molar-refractivity contribution in [1.29, 1.82) is 0 Å². The molecule has 1 aromatic rings. The van der Waals surface area contributed by atoms with Crippen molar-refractivity contribution < 1.29 is 14.7 Å². The average molecular weight is 304 g/mol. The van der Waals surface area contributed by atoms with Crippen LogP contribution in [0.5, 0.6) is 0 Å². The molecule has 0 aromatic heterocycles. The third-order valence-corrected chi connectivity index (χ3v) is 3.58. The molecule has 2 N–H and O–H groups in total. The molecule has 0 spiro atoms. The van der Waals surface area contributed by atoms with Crippen molar-refractivity contribution in [3.63, 3.8) is 0 Å². The zero-order valence-corrected chi connectivity index (χ0v) is 12.1. The monoisotopic (exact) mass is 303 g/mol. The number of aliphatic carboxylic acids is 1. The number of amides is 1. The van der Waals surface area contributed by atoms with Crippen molar-refractivity contribution in [1.82, 2.24) is 5.32 Å². The van der Waals surface area contributed by atoms with Crippen LogP contribution in [0.15, 0.2) is 18.2 Å². The smallest absolute Gasteiger partial charge is 0.308 e. The van der Waals surface area contributed by atoms with Crippen LogP contribution in [-0.4, -0.2) is 23.5 Å². The number of carboxylic acids is 1. The molecule has 0 saturated carbocycles. The van der Waals surface area contributed by atoms with Gasteiger partial charge in [0.25, 0.3) is 0 Å². The summed E-state index contributed by atoms with van der Waals surface area (Å²) in [5.74, 6) is -2.23. The first-order valence-electron chi connectivity index (χ1n) is 5.78. The highest BCUT2D eigenvalue weighted by Crippen LogP contribution is 2.26. The van der Waals surface area contributed by atoms with Gasteiger partial charge in [-0.15, -0.1) is 0 Å². The first-order valence-corrected chi connectivity index (χ1v) is 6.54. The molecule has 0 radical (unpaired) electrons. The van der Waals surface area contributed by atoms with Gasteiger partial charge in [0.1, 0.15) is 0 Å². The lowest BCUT2D eigenvalue weighted by Crippen LogP contribution is -2.34. The molecule has 104 valence electrons. The van der Waals surface area contributed by atoms with Crippen LogP contribution in [-0.2, 0) is 9.59 Å². The van der Waals surface area contributed by atoms with E-state index in [0.29, 0.717) is 10.0 Å². The van der Waals surface area contributed by atoms with Gasteiger partial charge in [-0.05, 0) is 24.6 Å². The number of carboxylic acid groups (broad SMARTS) is 1. The van der Waals surface area contributed by atoms with Crippen LogP contribution in [0.25, 0.3) is 0 Å². The third kappa shape index (κ3) is 4.40. The van der Waals surface area contributed by atoms with Gasteiger partial charge in [-0.2, -0.15) is 0 Å². The number of hydrogen-bond donors (Lipinski definition) is 2. The summed E-state index contributed by atoms with van der Waals surface area (Å²) in [4.78, 5) is 22.5. The molecule has 0 aliphatic heterocycles. The number of benzene rings is 1. The van der Waals surface area contributed by atoms with Crippen LogP contribution < -0.4 is 5.32 Å². The fraction of sp³-hybridized carbons (Fsp3) is 0.385. The van der Waals surface area contributed by atoms with Crippen LogP contribution >= 0.6 is 23.2 Å². The third-order valence-electron chi connectivity index (χ3n) is 2.84. The summed E-state index contributed by atoms with van der Waals surface area (Å²) in [5, 5.41) is 12.1. The summed E-state index contributed by atoms with van der Waals surface area (Å²) in [6.07, 6.45) is 0. The predicted molar refractivity (Wildman–Crippen MR) is 74.7 cm³/mol. The van der Waals surface area contributed by atoms with Gasteiger partial charge in [-0.1, -0.05) is 36.2 Å². The van der Waals surface area contributed by atoms with E-state index in [1.54, 1.807) is 25.1 Å². The van der Waals surface area contributed by atoms with E-state index in [2.05, 4.69) is 5.32 Å². The Morgan fingerprint density at radius 3 is 2.42 bits per heavy atom. The van der Waals surface area contributed by atoms with Crippen molar-refractivity contribution in [3.8, 4) is 0 Å². The fourth-order valence-corrected chi connectivity index (χ4v) is 1.73. The number of halogens is 2. The minimum atomic E-state index is -0.942. The van der Waals surface area contributed by atoms with E-state index in [0.717, 1.165) is 5.56 Å². The molecule has 0 aliphatic rings. The van der Waals surface area contributed by atoms with Crippen LogP contribution in [0.3, 0.4) is 0 Å². The number of nitrogens with one attached hydrogen (secondary N) is 1. The zero-order chi connectivity index (χ0) is 14.6. The van der Waals surface area contributed by atoms with Crippen LogP contribution in [0.1, 0.15) is 25.3 Å². The molecular formula is C13H15Cl2NO3. The molecule has 0 aliphatic carbocycles. The molecule has 1 rings (SSSR count). The van der Waals surface area contributed by atoms with Crippen LogP contribution in [0.4, 0.5) is 0 Å². The molecule has 2 unspecified atom stereocenters. The first kappa shape index (κ1) is 15.8. The lowest BCUT2D eigenvalue weighted by atomic mass is 10.00. The summed E-state index contributed by atoms with van der Waals surface area (Å²) in [6.45, 7) is 3.35. The van der Waals surface area contributed by atoms with Crippen LogP contribution in [0.2, 0.25) is 10.0 Å². The number of carbonyl (C=O) groups excluding carboxylic acids is 1. The largest absolute Gasteiger partial charge is 0.481 e. The Hall–Kier alpha value is -1.26. The second-order valence-electron chi connectivity index (χ2n) is 4.38. The van der Waals surface area contributed by atoms with Crippen molar-refractivity contribution in [2.75, 3.05) is 6.54 Å². The van der Waals surface area contributed by atoms with E-state index >= 15 is 0 Å². The van der Waals surface area contributed by atoms with Gasteiger partial charge in [0, 0.05) is 6.54 Å². The first-order chi connectivity index (χ1) is 8.82. The van der Waals surface area contributed by atoms with Gasteiger partial charge < -0.3 is 10.4 Å². The zero-order valence-electron chi connectivity index (χ0n) is 10.6. The number of carbonyl (C=O) groups is 2. The highest BCUT2D eigenvalue weighted by Gasteiger charge is 2.18. The second-order valence-corrected chi connectivity index (χ2v) is 5.19. The van der Waals surface area contributed by atoms with Crippen LogP contribution in [0, 0.1) is 5.92 Å². The Balaban J connectivity index is 2.66. The normalized spacial score (nSPS) is 13.7. The SMILES string of the molecule is CC(CNC(=O)C(C)c1ccc(Cl)c(Cl)c1)C(=O)O. The maximum atomic E-state index is 11.9. The standard InChI is InChI=1S/C13H15Cl2NO3/c1-7(13(18)19)6-16-12(17)8(2)9-3-4-10(14)11(15)5-9/h3-5,7-8H,6H2,1-2H3,(H,16,17)(H,18,19). The summed E-state index contributed by atoms with van der Waals surface area (Å²) in [7, 11) is 0. The Labute approximate surface area is 121 Å². The number of rotatable bonds is 5. The highest BCUT2D eigenvalue weighted by atomic mass is 35.5. The molecule has 1 aromatic carbocycles. The molecule has 0 saturated heterocycles. The lowest BCUT2D eigenvalue weighted by Gasteiger charge is -2.14. The summed E-state index contributed by atoms with van der Waals surface area (Å²) < 4.78 is 0. The van der Waals surface area contributed by atoms with Crippen molar-refractivity contribution in [2.45, 2.75) is 19.8 Å². The molecule has 2 atom stereocenters. The van der Waals surface area contributed by atoms with Crippen molar-refractivity contribution in [3.05, 3.63) is 33.8 Å². The van der Waals surface area contributed by atoms with Gasteiger partial charge in [0.05, 0.1) is 21.9 Å². The minimum absolute atomic E-state index is 0.0971. The van der Waals surface area contributed by atoms with Gasteiger partial charge in [0.15, 0.2) is 0 Å². The van der Waals surface area contributed by atoms with E-state index in [4.69, 9.17) is 28.3 Å². The Bertz CT molecular complexity index is 491. The summed E-state index contributed by atoms with van der Waals surface area (Å²) in [6, 6.07) is 4.98. The molecule has 4 nitrogen and oxygen atoms in total. The van der Waals surface area contributed by atoms with Gasteiger partial charge >= 0.3 is 5.97 Å². The highest BCUT2D eigenvalue weighted by molar-refractivity contribution is 6.42. The summed E-state index contributed by atoms with van der Waals surface area (Å²) >= 11 is 11.7. The van der Waals surface area contributed by atoms with E-state index < -0.39 is 17.8 Å². The van der Waals surface area contributed by atoms with Gasteiger partial charge in [-0.25, -0.2) is 0 Å². The van der Waals surface area contributed by atoms with E-state index in [-0.39, 0.29) is 12.5 Å². The predicted octanol–water partition coefficient (Wildman–Crippen LogP) is 2.93. The quantitative estimate of drug-likeness (QED) is 0.879.